The minimum Gasteiger partial charge on any atom is -0.543 e. The number of nitrogens with one attached hydrogen (secondary N) is 2. The van der Waals surface area contributed by atoms with Crippen molar-refractivity contribution < 1.29 is 8.85 Å². The van der Waals surface area contributed by atoms with Gasteiger partial charge in [-0.05, 0) is 97.2 Å². The Labute approximate surface area is 210 Å². The summed E-state index contributed by atoms with van der Waals surface area (Å²) in [5.74, 6) is 1.95. The highest BCUT2D eigenvalue weighted by molar-refractivity contribution is 6.79. The van der Waals surface area contributed by atoms with Crippen molar-refractivity contribution in [3.8, 4) is 11.5 Å². The van der Waals surface area contributed by atoms with Gasteiger partial charge in [-0.1, -0.05) is 39.3 Å². The number of anilines is 2. The first kappa shape index (κ1) is 26.8. The lowest BCUT2D eigenvalue weighted by Crippen LogP contribution is -2.34. The van der Waals surface area contributed by atoms with Crippen LogP contribution in [-0.4, -0.2) is 33.1 Å². The Morgan fingerprint density at radius 2 is 0.735 bits per heavy atom. The van der Waals surface area contributed by atoms with Gasteiger partial charge in [-0.25, -0.2) is 0 Å². The molecule has 34 heavy (non-hydrogen) atoms. The molecule has 186 valence electrons. The fourth-order valence-corrected chi connectivity index (χ4v) is 7.56. The number of fused-ring (bicyclic) bond motifs is 2. The Kier molecular flexibility index (Phi) is 7.13. The smallest absolute Gasteiger partial charge is 0.242 e. The Morgan fingerprint density at radius 1 is 0.441 bits per heavy atom. The minimum atomic E-state index is -1.76. The van der Waals surface area contributed by atoms with Crippen molar-refractivity contribution in [3.63, 3.8) is 0 Å². The molecule has 0 bridgehead atoms. The maximum absolute atomic E-state index is 6.54. The van der Waals surface area contributed by atoms with Gasteiger partial charge >= 0.3 is 0 Å². The largest absolute Gasteiger partial charge is 0.543 e. The van der Waals surface area contributed by atoms with Crippen LogP contribution in [0.15, 0.2) is 36.4 Å². The number of hydrogen-bond donors (Lipinski definition) is 2. The normalized spacial score (nSPS) is 13.3. The van der Waals surface area contributed by atoms with Crippen LogP contribution in [0.2, 0.25) is 78.6 Å². The van der Waals surface area contributed by atoms with E-state index in [2.05, 4.69) is 125 Å². The molecule has 0 aliphatic heterocycles. The van der Waals surface area contributed by atoms with E-state index >= 15 is 0 Å². The van der Waals surface area contributed by atoms with Crippen LogP contribution in [0.1, 0.15) is 0 Å². The molecule has 3 aromatic carbocycles. The molecule has 2 N–H and O–H groups in total. The lowest BCUT2D eigenvalue weighted by atomic mass is 10.0. The molecule has 4 nitrogen and oxygen atoms in total. The molecule has 0 aromatic heterocycles. The van der Waals surface area contributed by atoms with Crippen LogP contribution < -0.4 is 18.8 Å². The van der Waals surface area contributed by atoms with Gasteiger partial charge in [0.1, 0.15) is 28.0 Å². The van der Waals surface area contributed by atoms with Gasteiger partial charge in [-0.2, -0.15) is 0 Å². The number of hydrogen-bond acceptors (Lipinski definition) is 4. The summed E-state index contributed by atoms with van der Waals surface area (Å²) in [5.41, 5.74) is 2.24. The molecular weight excluding hydrogens is 485 g/mol. The highest BCUT2D eigenvalue weighted by Gasteiger charge is 2.24. The van der Waals surface area contributed by atoms with Crippen molar-refractivity contribution in [1.82, 2.24) is 0 Å². The summed E-state index contributed by atoms with van der Waals surface area (Å²) in [5, 5.41) is 4.86. The average Bonchev–Trinajstić information content (AvgIpc) is 2.56. The molecule has 0 aliphatic carbocycles. The first-order chi connectivity index (χ1) is 15.3. The van der Waals surface area contributed by atoms with Crippen LogP contribution in [0.25, 0.3) is 21.5 Å². The van der Waals surface area contributed by atoms with Gasteiger partial charge in [0.15, 0.2) is 0 Å². The van der Waals surface area contributed by atoms with Gasteiger partial charge in [0.05, 0.1) is 11.4 Å². The summed E-state index contributed by atoms with van der Waals surface area (Å²) in [6, 6.07) is 13.6. The van der Waals surface area contributed by atoms with E-state index in [0.29, 0.717) is 0 Å². The van der Waals surface area contributed by atoms with Crippen molar-refractivity contribution in [2.24, 2.45) is 0 Å². The van der Waals surface area contributed by atoms with Crippen molar-refractivity contribution >= 4 is 66.0 Å². The highest BCUT2D eigenvalue weighted by atomic mass is 28.4. The van der Waals surface area contributed by atoms with E-state index in [1.807, 2.05) is 0 Å². The molecule has 0 atom stereocenters. The van der Waals surface area contributed by atoms with Crippen LogP contribution >= 0.6 is 0 Å². The standard InChI is InChI=1S/C26H44N2O2Si4/c1-31(2,3)27-23-15-19-13-20-16-24(28-32(4,5)6)26(30-34(10,11)12)18-22(20)14-21(19)17-25(23)29-33(7,8)9/h13-18,27-28H,1-12H3. The summed E-state index contributed by atoms with van der Waals surface area (Å²) < 4.78 is 13.1. The molecular formula is C26H44N2O2Si4. The van der Waals surface area contributed by atoms with E-state index in [4.69, 9.17) is 8.85 Å². The third-order valence-electron chi connectivity index (χ3n) is 4.84. The molecule has 0 unspecified atom stereocenters. The molecule has 0 saturated heterocycles. The maximum Gasteiger partial charge on any atom is 0.242 e. The molecule has 0 aliphatic rings. The van der Waals surface area contributed by atoms with E-state index in [1.165, 1.54) is 21.5 Å². The molecule has 8 heteroatoms. The third-order valence-corrected chi connectivity index (χ3v) is 8.55. The van der Waals surface area contributed by atoms with E-state index in [-0.39, 0.29) is 0 Å². The predicted octanol–water partition coefficient (Wildman–Crippen LogP) is 8.91. The van der Waals surface area contributed by atoms with Crippen LogP contribution in [0.3, 0.4) is 0 Å². The third kappa shape index (κ3) is 7.63. The van der Waals surface area contributed by atoms with E-state index < -0.39 is 33.1 Å². The van der Waals surface area contributed by atoms with Gasteiger partial charge < -0.3 is 18.8 Å². The van der Waals surface area contributed by atoms with Crippen LogP contribution in [0, 0.1) is 0 Å². The first-order valence-electron chi connectivity index (χ1n) is 12.3. The molecule has 0 fully saturated rings. The fourth-order valence-electron chi connectivity index (χ4n) is 3.89. The van der Waals surface area contributed by atoms with Gasteiger partial charge in [0.25, 0.3) is 0 Å². The molecule has 3 aromatic rings. The fraction of sp³-hybridized carbons (Fsp3) is 0.462. The molecule has 0 heterocycles. The van der Waals surface area contributed by atoms with E-state index in [0.717, 1.165) is 22.9 Å². The van der Waals surface area contributed by atoms with Gasteiger partial charge in [-0.3, -0.25) is 0 Å². The summed E-state index contributed by atoms with van der Waals surface area (Å²) in [4.78, 5) is 7.61. The Bertz CT molecular complexity index is 1020. The summed E-state index contributed by atoms with van der Waals surface area (Å²) in [6.07, 6.45) is 0. The van der Waals surface area contributed by atoms with Crippen molar-refractivity contribution in [3.05, 3.63) is 36.4 Å². The lowest BCUT2D eigenvalue weighted by molar-refractivity contribution is 0.561. The molecule has 0 spiro atoms. The van der Waals surface area contributed by atoms with Crippen molar-refractivity contribution in [2.45, 2.75) is 78.6 Å². The second-order valence-electron chi connectivity index (χ2n) is 13.4. The molecule has 0 radical (unpaired) electrons. The second-order valence-corrected chi connectivity index (χ2v) is 31.8. The van der Waals surface area contributed by atoms with Crippen LogP contribution in [-0.2, 0) is 0 Å². The Balaban J connectivity index is 2.23. The number of rotatable bonds is 8. The van der Waals surface area contributed by atoms with Crippen molar-refractivity contribution in [2.75, 3.05) is 9.96 Å². The number of benzene rings is 3. The van der Waals surface area contributed by atoms with E-state index in [9.17, 15) is 0 Å². The van der Waals surface area contributed by atoms with Gasteiger partial charge in [-0.15, -0.1) is 0 Å². The monoisotopic (exact) mass is 528 g/mol. The molecule has 0 amide bonds. The minimum absolute atomic E-state index is 0.976. The summed E-state index contributed by atoms with van der Waals surface area (Å²) in [7, 11) is -6.60. The van der Waals surface area contributed by atoms with Gasteiger partial charge in [0, 0.05) is 0 Å². The van der Waals surface area contributed by atoms with Crippen LogP contribution in [0.5, 0.6) is 11.5 Å². The Hall–Kier alpha value is -1.75. The molecule has 3 rings (SSSR count). The van der Waals surface area contributed by atoms with E-state index in [1.54, 1.807) is 0 Å². The van der Waals surface area contributed by atoms with Crippen LogP contribution in [0.4, 0.5) is 11.4 Å². The zero-order chi connectivity index (χ0) is 25.7. The maximum atomic E-state index is 6.54. The zero-order valence-electron chi connectivity index (χ0n) is 23.3. The predicted molar refractivity (Wildman–Crippen MR) is 163 cm³/mol. The highest BCUT2D eigenvalue weighted by Crippen LogP contribution is 2.39. The summed E-state index contributed by atoms with van der Waals surface area (Å²) in [6.45, 7) is 27.4. The first-order valence-corrected chi connectivity index (χ1v) is 26.1. The summed E-state index contributed by atoms with van der Waals surface area (Å²) >= 11 is 0. The molecule has 0 saturated carbocycles. The SMILES string of the molecule is C[Si](C)(C)Nc1cc2cc3cc(N[Si](C)(C)C)c(O[Si](C)(C)C)cc3cc2cc1O[Si](C)(C)C. The van der Waals surface area contributed by atoms with Crippen molar-refractivity contribution in [1.29, 1.82) is 0 Å². The topological polar surface area (TPSA) is 42.5 Å². The lowest BCUT2D eigenvalue weighted by Gasteiger charge is -2.27. The Morgan fingerprint density at radius 3 is 1.00 bits per heavy atom. The zero-order valence-corrected chi connectivity index (χ0v) is 27.3. The second kappa shape index (κ2) is 9.04. The average molecular weight is 529 g/mol. The van der Waals surface area contributed by atoms with Gasteiger partial charge in [0.2, 0.25) is 16.6 Å². The quantitative estimate of drug-likeness (QED) is 0.226.